The third-order valence-electron chi connectivity index (χ3n) is 4.74. The minimum Gasteiger partial charge on any atom is -0.221 e. The fourth-order valence-corrected chi connectivity index (χ4v) is 3.19. The molecule has 0 bridgehead atoms. The van der Waals surface area contributed by atoms with Crippen molar-refractivity contribution in [3.63, 3.8) is 0 Å². The lowest BCUT2D eigenvalue weighted by Crippen LogP contribution is -2.33. The van der Waals surface area contributed by atoms with Gasteiger partial charge in [-0.05, 0) is 12.3 Å². The number of fused-ring (bicyclic) bond motifs is 1. The van der Waals surface area contributed by atoms with Crippen LogP contribution < -0.4 is 0 Å². The van der Waals surface area contributed by atoms with Crippen molar-refractivity contribution in [3.05, 3.63) is 42.3 Å². The molecular formula is C16H21N3. The molecule has 3 nitrogen and oxygen atoms in total. The molecule has 2 unspecified atom stereocenters. The minimum atomic E-state index is -0.0501. The van der Waals surface area contributed by atoms with Crippen LogP contribution in [-0.2, 0) is 5.41 Å². The maximum atomic E-state index is 4.71. The Kier molecular flexibility index (Phi) is 2.63. The Hall–Kier alpha value is -1.51. The first-order valence-corrected chi connectivity index (χ1v) is 7.03. The summed E-state index contributed by atoms with van der Waals surface area (Å²) < 4.78 is 0. The topological polar surface area (TPSA) is 38.7 Å². The van der Waals surface area contributed by atoms with Crippen molar-refractivity contribution in [2.45, 2.75) is 45.4 Å². The van der Waals surface area contributed by atoms with Crippen LogP contribution in [0.4, 0.5) is 0 Å². The second kappa shape index (κ2) is 3.99. The fourth-order valence-electron chi connectivity index (χ4n) is 3.19. The molecule has 1 aromatic heterocycles. The molecule has 1 fully saturated rings. The normalized spacial score (nSPS) is 28.6. The molecule has 2 aliphatic carbocycles. The molecule has 3 heteroatoms. The molecule has 100 valence electrons. The Morgan fingerprint density at radius 3 is 2.74 bits per heavy atom. The van der Waals surface area contributed by atoms with Crippen LogP contribution in [-0.4, -0.2) is 15.0 Å². The van der Waals surface area contributed by atoms with E-state index in [9.17, 15) is 0 Å². The third kappa shape index (κ3) is 1.75. The maximum absolute atomic E-state index is 4.71. The van der Waals surface area contributed by atoms with Gasteiger partial charge in [-0.25, -0.2) is 15.0 Å². The predicted molar refractivity (Wildman–Crippen MR) is 75.8 cm³/mol. The van der Waals surface area contributed by atoms with Gasteiger partial charge in [0.2, 0.25) is 0 Å². The van der Waals surface area contributed by atoms with Crippen LogP contribution >= 0.6 is 0 Å². The third-order valence-corrected chi connectivity index (χ3v) is 4.74. The second-order valence-corrected chi connectivity index (χ2v) is 6.54. The van der Waals surface area contributed by atoms with Crippen molar-refractivity contribution in [2.75, 3.05) is 0 Å². The average molecular weight is 255 g/mol. The molecule has 0 spiro atoms. The van der Waals surface area contributed by atoms with Crippen LogP contribution in [0.25, 0.3) is 0 Å². The van der Waals surface area contributed by atoms with Crippen LogP contribution in [0.2, 0.25) is 0 Å². The van der Waals surface area contributed by atoms with Gasteiger partial charge in [0.15, 0.2) is 0 Å². The molecule has 0 N–H and O–H groups in total. The first-order valence-electron chi connectivity index (χ1n) is 7.03. The van der Waals surface area contributed by atoms with Gasteiger partial charge in [-0.2, -0.15) is 0 Å². The zero-order chi connectivity index (χ0) is 13.7. The number of hydrogen-bond donors (Lipinski definition) is 0. The summed E-state index contributed by atoms with van der Waals surface area (Å²) in [5, 5.41) is 0. The average Bonchev–Trinajstić information content (AvgIpc) is 3.15. The summed E-state index contributed by atoms with van der Waals surface area (Å²) in [6.07, 6.45) is 11.8. The lowest BCUT2D eigenvalue weighted by molar-refractivity contribution is 0.321. The molecule has 0 radical (unpaired) electrons. The molecule has 1 saturated carbocycles. The van der Waals surface area contributed by atoms with Gasteiger partial charge in [-0.3, -0.25) is 0 Å². The summed E-state index contributed by atoms with van der Waals surface area (Å²) in [7, 11) is 0. The zero-order valence-corrected chi connectivity index (χ0v) is 12.1. The van der Waals surface area contributed by atoms with Crippen molar-refractivity contribution in [1.82, 2.24) is 15.0 Å². The molecule has 0 aromatic carbocycles. The molecule has 0 amide bonds. The fraction of sp³-hybridized carbons (Fsp3) is 0.562. The largest absolute Gasteiger partial charge is 0.221 e. The van der Waals surface area contributed by atoms with Gasteiger partial charge in [0, 0.05) is 16.7 Å². The van der Waals surface area contributed by atoms with Crippen molar-refractivity contribution in [1.29, 1.82) is 0 Å². The summed E-state index contributed by atoms with van der Waals surface area (Å²) in [5.74, 6) is 2.80. The summed E-state index contributed by atoms with van der Waals surface area (Å²) in [5.41, 5.74) is 0.156. The van der Waals surface area contributed by atoms with E-state index in [2.05, 4.69) is 62.0 Å². The lowest BCUT2D eigenvalue weighted by Gasteiger charge is -2.33. The van der Waals surface area contributed by atoms with E-state index in [1.54, 1.807) is 6.33 Å². The molecule has 1 heterocycles. The second-order valence-electron chi connectivity index (χ2n) is 6.54. The van der Waals surface area contributed by atoms with Crippen LogP contribution in [0.1, 0.15) is 51.7 Å². The highest BCUT2D eigenvalue weighted by molar-refractivity contribution is 5.37. The Morgan fingerprint density at radius 1 is 1.26 bits per heavy atom. The maximum Gasteiger partial charge on any atom is 0.138 e. The molecule has 3 rings (SSSR count). The standard InChI is InChI=1S/C16H21N3/c1-11(2)13-17-10-18-14(19-13)15(3,4)16-8-6-5-7-12(16)9-16/h5-8,10-12H,9H2,1-4H3. The van der Waals surface area contributed by atoms with E-state index in [1.807, 2.05) is 0 Å². The smallest absolute Gasteiger partial charge is 0.138 e. The highest BCUT2D eigenvalue weighted by atomic mass is 15.0. The van der Waals surface area contributed by atoms with Gasteiger partial charge in [0.05, 0.1) is 0 Å². The molecule has 2 atom stereocenters. The van der Waals surface area contributed by atoms with Gasteiger partial charge >= 0.3 is 0 Å². The van der Waals surface area contributed by atoms with Crippen LogP contribution in [0, 0.1) is 11.3 Å². The van der Waals surface area contributed by atoms with E-state index >= 15 is 0 Å². The van der Waals surface area contributed by atoms with Crippen molar-refractivity contribution >= 4 is 0 Å². The predicted octanol–water partition coefficient (Wildman–Crippen LogP) is 3.40. The number of rotatable bonds is 3. The van der Waals surface area contributed by atoms with Crippen molar-refractivity contribution in [2.24, 2.45) is 11.3 Å². The number of nitrogens with zero attached hydrogens (tertiary/aromatic N) is 3. The SMILES string of the molecule is CC(C)c1ncnc(C(C)(C)C23C=CC=CC2C3)n1. The lowest BCUT2D eigenvalue weighted by atomic mass is 9.72. The molecule has 0 saturated heterocycles. The van der Waals surface area contributed by atoms with Gasteiger partial charge in [-0.1, -0.05) is 52.0 Å². The minimum absolute atomic E-state index is 0.0501. The van der Waals surface area contributed by atoms with E-state index in [4.69, 9.17) is 4.98 Å². The Bertz CT molecular complexity index is 557. The summed E-state index contributed by atoms with van der Waals surface area (Å²) in [6, 6.07) is 0. The van der Waals surface area contributed by atoms with Crippen molar-refractivity contribution in [3.8, 4) is 0 Å². The summed E-state index contributed by atoms with van der Waals surface area (Å²) >= 11 is 0. The highest BCUT2D eigenvalue weighted by Gasteiger charge is 2.62. The van der Waals surface area contributed by atoms with E-state index in [-0.39, 0.29) is 10.8 Å². The first-order chi connectivity index (χ1) is 8.97. The Morgan fingerprint density at radius 2 is 2.05 bits per heavy atom. The van der Waals surface area contributed by atoms with Crippen LogP contribution in [0.3, 0.4) is 0 Å². The van der Waals surface area contributed by atoms with Crippen molar-refractivity contribution < 1.29 is 0 Å². The monoisotopic (exact) mass is 255 g/mol. The van der Waals surface area contributed by atoms with E-state index in [1.165, 1.54) is 6.42 Å². The van der Waals surface area contributed by atoms with E-state index < -0.39 is 0 Å². The molecule has 19 heavy (non-hydrogen) atoms. The molecule has 1 aromatic rings. The van der Waals surface area contributed by atoms with Crippen LogP contribution in [0.15, 0.2) is 30.6 Å². The molecular weight excluding hydrogens is 234 g/mol. The first kappa shape index (κ1) is 12.5. The van der Waals surface area contributed by atoms with E-state index in [0.29, 0.717) is 11.8 Å². The van der Waals surface area contributed by atoms with Gasteiger partial charge < -0.3 is 0 Å². The van der Waals surface area contributed by atoms with Gasteiger partial charge in [-0.15, -0.1) is 0 Å². The number of aromatic nitrogens is 3. The zero-order valence-electron chi connectivity index (χ0n) is 12.1. The Labute approximate surface area is 114 Å². The van der Waals surface area contributed by atoms with Gasteiger partial charge in [0.1, 0.15) is 18.0 Å². The quantitative estimate of drug-likeness (QED) is 0.831. The highest BCUT2D eigenvalue weighted by Crippen LogP contribution is 2.66. The Balaban J connectivity index is 1.99. The van der Waals surface area contributed by atoms with Crippen LogP contribution in [0.5, 0.6) is 0 Å². The molecule has 0 aliphatic heterocycles. The number of hydrogen-bond acceptors (Lipinski definition) is 3. The summed E-state index contributed by atoms with van der Waals surface area (Å²) in [4.78, 5) is 13.5. The number of allylic oxidation sites excluding steroid dienone is 4. The molecule has 2 aliphatic rings. The van der Waals surface area contributed by atoms with Gasteiger partial charge in [0.25, 0.3) is 0 Å². The summed E-state index contributed by atoms with van der Waals surface area (Å²) in [6.45, 7) is 8.76. The van der Waals surface area contributed by atoms with E-state index in [0.717, 1.165) is 11.6 Å².